The van der Waals surface area contributed by atoms with Gasteiger partial charge in [0.25, 0.3) is 0 Å². The van der Waals surface area contributed by atoms with Crippen molar-refractivity contribution in [1.29, 1.82) is 0 Å². The molecule has 4 heteroatoms. The van der Waals surface area contributed by atoms with E-state index < -0.39 is 0 Å². The third-order valence-electron chi connectivity index (χ3n) is 2.38. The van der Waals surface area contributed by atoms with Crippen LogP contribution in [-0.4, -0.2) is 9.97 Å². The Balaban J connectivity index is 1.94. The number of halogens is 1. The normalized spacial score (nSPS) is 10.1. The highest BCUT2D eigenvalue weighted by atomic mass is 32.1. The van der Waals surface area contributed by atoms with Gasteiger partial charge in [-0.05, 0) is 30.3 Å². The summed E-state index contributed by atoms with van der Waals surface area (Å²) in [6, 6.07) is 8.06. The van der Waals surface area contributed by atoms with E-state index in [9.17, 15) is 4.39 Å². The maximum Gasteiger partial charge on any atom is 0.170 e. The van der Waals surface area contributed by atoms with Gasteiger partial charge in [0.05, 0.1) is 10.2 Å². The maximum atomic E-state index is 12.7. The van der Waals surface area contributed by atoms with Crippen LogP contribution in [0.4, 0.5) is 4.39 Å². The Hall–Kier alpha value is -2.25. The van der Waals surface area contributed by atoms with Crippen LogP contribution in [0.25, 0.3) is 10.3 Å². The standard InChI is InChI=1S/C14H7FN2S/c15-12-5-3-10(4-6-12)1-2-11-7-13-14(16-8-11)17-9-18-13/h3-9H. The fourth-order valence-electron chi connectivity index (χ4n) is 1.50. The number of aromatic nitrogens is 2. The van der Waals surface area contributed by atoms with Gasteiger partial charge in [-0.3, -0.25) is 0 Å². The molecule has 2 nitrogen and oxygen atoms in total. The molecule has 0 atom stereocenters. The van der Waals surface area contributed by atoms with Crippen LogP contribution in [0.1, 0.15) is 11.1 Å². The molecule has 3 rings (SSSR count). The second-order valence-corrected chi connectivity index (χ2v) is 4.54. The molecule has 0 aliphatic heterocycles. The molecule has 0 bridgehead atoms. The number of hydrogen-bond donors (Lipinski definition) is 0. The molecule has 0 spiro atoms. The fraction of sp³-hybridized carbons (Fsp3) is 0. The first-order valence-electron chi connectivity index (χ1n) is 5.28. The van der Waals surface area contributed by atoms with Crippen LogP contribution in [0.3, 0.4) is 0 Å². The molecule has 1 aromatic carbocycles. The van der Waals surface area contributed by atoms with Gasteiger partial charge in [0.2, 0.25) is 0 Å². The van der Waals surface area contributed by atoms with E-state index in [0.29, 0.717) is 0 Å². The minimum atomic E-state index is -0.256. The molecule has 86 valence electrons. The molecule has 2 heterocycles. The molecule has 0 fully saturated rings. The second kappa shape index (κ2) is 4.55. The summed E-state index contributed by atoms with van der Waals surface area (Å²) < 4.78 is 13.7. The summed E-state index contributed by atoms with van der Waals surface area (Å²) in [6.07, 6.45) is 1.69. The Morgan fingerprint density at radius 3 is 2.61 bits per heavy atom. The zero-order valence-corrected chi connectivity index (χ0v) is 10.0. The monoisotopic (exact) mass is 254 g/mol. The van der Waals surface area contributed by atoms with Crippen molar-refractivity contribution in [1.82, 2.24) is 9.97 Å². The zero-order valence-electron chi connectivity index (χ0n) is 9.22. The number of nitrogens with zero attached hydrogens (tertiary/aromatic N) is 2. The summed E-state index contributed by atoms with van der Waals surface area (Å²) in [5, 5.41) is 0. The van der Waals surface area contributed by atoms with Crippen molar-refractivity contribution < 1.29 is 4.39 Å². The predicted molar refractivity (Wildman–Crippen MR) is 69.8 cm³/mol. The second-order valence-electron chi connectivity index (χ2n) is 3.65. The van der Waals surface area contributed by atoms with Crippen LogP contribution in [-0.2, 0) is 0 Å². The molecule has 0 aliphatic carbocycles. The molecule has 18 heavy (non-hydrogen) atoms. The molecular weight excluding hydrogens is 247 g/mol. The Bertz CT molecular complexity index is 751. The number of rotatable bonds is 0. The summed E-state index contributed by atoms with van der Waals surface area (Å²) >= 11 is 1.53. The molecule has 0 unspecified atom stereocenters. The first-order chi connectivity index (χ1) is 8.81. The number of hydrogen-bond acceptors (Lipinski definition) is 3. The molecule has 0 amide bonds. The SMILES string of the molecule is Fc1ccc(C#Cc2cnc3ncsc3c2)cc1. The number of thiazole rings is 1. The Morgan fingerprint density at radius 2 is 1.78 bits per heavy atom. The van der Waals surface area contributed by atoms with Crippen LogP contribution in [0.5, 0.6) is 0 Å². The first kappa shape index (κ1) is 10.9. The molecule has 0 saturated carbocycles. The minimum Gasteiger partial charge on any atom is -0.235 e. The van der Waals surface area contributed by atoms with E-state index in [1.807, 2.05) is 6.07 Å². The van der Waals surface area contributed by atoms with Crippen molar-refractivity contribution in [3.8, 4) is 11.8 Å². The van der Waals surface area contributed by atoms with Gasteiger partial charge in [-0.2, -0.15) is 0 Å². The zero-order chi connectivity index (χ0) is 12.4. The lowest BCUT2D eigenvalue weighted by atomic mass is 10.2. The van der Waals surface area contributed by atoms with Crippen LogP contribution in [0.15, 0.2) is 42.0 Å². The van der Waals surface area contributed by atoms with E-state index in [1.54, 1.807) is 23.8 Å². The lowest BCUT2D eigenvalue weighted by molar-refractivity contribution is 0.627. The average Bonchev–Trinajstić information content (AvgIpc) is 2.85. The van der Waals surface area contributed by atoms with E-state index >= 15 is 0 Å². The summed E-state index contributed by atoms with van der Waals surface area (Å²) in [7, 11) is 0. The average molecular weight is 254 g/mol. The van der Waals surface area contributed by atoms with E-state index in [4.69, 9.17) is 0 Å². The van der Waals surface area contributed by atoms with Crippen molar-refractivity contribution in [2.24, 2.45) is 0 Å². The van der Waals surface area contributed by atoms with Crippen LogP contribution >= 0.6 is 11.3 Å². The quantitative estimate of drug-likeness (QED) is 0.576. The molecule has 0 saturated heterocycles. The number of benzene rings is 1. The molecule has 3 aromatic rings. The van der Waals surface area contributed by atoms with Crippen molar-refractivity contribution >= 4 is 21.7 Å². The third kappa shape index (κ3) is 2.22. The Morgan fingerprint density at radius 1 is 1.00 bits per heavy atom. The van der Waals surface area contributed by atoms with E-state index in [1.165, 1.54) is 23.5 Å². The highest BCUT2D eigenvalue weighted by Crippen LogP contribution is 2.16. The molecule has 0 aliphatic rings. The van der Waals surface area contributed by atoms with E-state index in [0.717, 1.165) is 21.5 Å². The Labute approximate surface area is 107 Å². The molecule has 0 radical (unpaired) electrons. The van der Waals surface area contributed by atoms with E-state index in [2.05, 4.69) is 21.8 Å². The first-order valence-corrected chi connectivity index (χ1v) is 6.16. The molecule has 2 aromatic heterocycles. The fourth-order valence-corrected chi connectivity index (χ4v) is 2.17. The van der Waals surface area contributed by atoms with Crippen molar-refractivity contribution in [2.75, 3.05) is 0 Å². The predicted octanol–water partition coefficient (Wildman–Crippen LogP) is 3.23. The van der Waals surface area contributed by atoms with Gasteiger partial charge in [0, 0.05) is 17.3 Å². The van der Waals surface area contributed by atoms with Gasteiger partial charge in [0.1, 0.15) is 5.82 Å². The number of pyridine rings is 1. The summed E-state index contributed by atoms with van der Waals surface area (Å²) in [5.41, 5.74) is 4.11. The van der Waals surface area contributed by atoms with Crippen molar-refractivity contribution in [2.45, 2.75) is 0 Å². The highest BCUT2D eigenvalue weighted by Gasteiger charge is 1.97. The van der Waals surface area contributed by atoms with Crippen LogP contribution in [0.2, 0.25) is 0 Å². The smallest absolute Gasteiger partial charge is 0.170 e. The largest absolute Gasteiger partial charge is 0.235 e. The summed E-state index contributed by atoms with van der Waals surface area (Å²) in [6.45, 7) is 0. The minimum absolute atomic E-state index is 0.256. The summed E-state index contributed by atoms with van der Waals surface area (Å²) in [5.74, 6) is 5.72. The van der Waals surface area contributed by atoms with Gasteiger partial charge in [-0.1, -0.05) is 11.8 Å². The van der Waals surface area contributed by atoms with Crippen molar-refractivity contribution in [3.05, 3.63) is 59.0 Å². The molecular formula is C14H7FN2S. The lowest BCUT2D eigenvalue weighted by Crippen LogP contribution is -1.80. The molecule has 0 N–H and O–H groups in total. The third-order valence-corrected chi connectivity index (χ3v) is 3.15. The highest BCUT2D eigenvalue weighted by molar-refractivity contribution is 7.16. The van der Waals surface area contributed by atoms with Crippen molar-refractivity contribution in [3.63, 3.8) is 0 Å². The maximum absolute atomic E-state index is 12.7. The van der Waals surface area contributed by atoms with E-state index in [-0.39, 0.29) is 5.82 Å². The van der Waals surface area contributed by atoms with Gasteiger partial charge in [-0.25, -0.2) is 14.4 Å². The van der Waals surface area contributed by atoms with Gasteiger partial charge < -0.3 is 0 Å². The van der Waals surface area contributed by atoms with Gasteiger partial charge in [-0.15, -0.1) is 11.3 Å². The van der Waals surface area contributed by atoms with Gasteiger partial charge >= 0.3 is 0 Å². The van der Waals surface area contributed by atoms with Gasteiger partial charge in [0.15, 0.2) is 5.65 Å². The van der Waals surface area contributed by atoms with Crippen LogP contribution < -0.4 is 0 Å². The van der Waals surface area contributed by atoms with Crippen LogP contribution in [0, 0.1) is 17.7 Å². The topological polar surface area (TPSA) is 25.8 Å². The summed E-state index contributed by atoms with van der Waals surface area (Å²) in [4.78, 5) is 8.31. The number of fused-ring (bicyclic) bond motifs is 1. The Kier molecular flexibility index (Phi) is 2.75. The lowest BCUT2D eigenvalue weighted by Gasteiger charge is -1.91.